The van der Waals surface area contributed by atoms with E-state index in [4.69, 9.17) is 9.47 Å². The summed E-state index contributed by atoms with van der Waals surface area (Å²) in [7, 11) is 1.66. The SMILES string of the molecule is CCNC(=NCc1nnc2ccccn12)NCCOCc1ccccc1OC.I. The number of hydrogen-bond donors (Lipinski definition) is 2. The third-order valence-electron chi connectivity index (χ3n) is 4.10. The van der Waals surface area contributed by atoms with Gasteiger partial charge in [0.05, 0.1) is 20.3 Å². The van der Waals surface area contributed by atoms with Gasteiger partial charge in [-0.3, -0.25) is 4.40 Å². The van der Waals surface area contributed by atoms with Gasteiger partial charge in [-0.1, -0.05) is 24.3 Å². The van der Waals surface area contributed by atoms with Crippen molar-refractivity contribution in [1.29, 1.82) is 0 Å². The number of halogens is 1. The fraction of sp³-hybridized carbons (Fsp3) is 0.350. The van der Waals surface area contributed by atoms with E-state index in [9.17, 15) is 0 Å². The van der Waals surface area contributed by atoms with Gasteiger partial charge in [0.2, 0.25) is 0 Å². The first-order valence-electron chi connectivity index (χ1n) is 9.32. The molecule has 0 saturated carbocycles. The summed E-state index contributed by atoms with van der Waals surface area (Å²) < 4.78 is 13.0. The lowest BCUT2D eigenvalue weighted by Crippen LogP contribution is -2.39. The number of guanidine groups is 1. The average molecular weight is 510 g/mol. The van der Waals surface area contributed by atoms with Crippen molar-refractivity contribution in [1.82, 2.24) is 25.2 Å². The first kappa shape index (κ1) is 22.9. The Bertz CT molecular complexity index is 915. The molecule has 0 amide bonds. The van der Waals surface area contributed by atoms with Crippen molar-refractivity contribution < 1.29 is 9.47 Å². The van der Waals surface area contributed by atoms with Gasteiger partial charge in [-0.05, 0) is 25.1 Å². The van der Waals surface area contributed by atoms with Crippen molar-refractivity contribution in [2.75, 3.05) is 26.8 Å². The van der Waals surface area contributed by atoms with Gasteiger partial charge in [0.25, 0.3) is 0 Å². The van der Waals surface area contributed by atoms with Gasteiger partial charge in [0.1, 0.15) is 12.3 Å². The van der Waals surface area contributed by atoms with Crippen molar-refractivity contribution >= 4 is 35.6 Å². The minimum Gasteiger partial charge on any atom is -0.496 e. The maximum atomic E-state index is 5.75. The summed E-state index contributed by atoms with van der Waals surface area (Å²) in [5.74, 6) is 2.35. The molecule has 156 valence electrons. The number of methoxy groups -OCH3 is 1. The number of pyridine rings is 1. The first-order chi connectivity index (χ1) is 13.8. The molecule has 0 fully saturated rings. The minimum atomic E-state index is 0. The highest BCUT2D eigenvalue weighted by atomic mass is 127. The van der Waals surface area contributed by atoms with Crippen LogP contribution in [0.15, 0.2) is 53.7 Å². The number of ether oxygens (including phenoxy) is 2. The van der Waals surface area contributed by atoms with Crippen LogP contribution >= 0.6 is 24.0 Å². The molecule has 0 aliphatic heterocycles. The Kier molecular flexibility index (Phi) is 9.65. The molecule has 0 bridgehead atoms. The van der Waals surface area contributed by atoms with Crippen LogP contribution in [-0.2, 0) is 17.9 Å². The summed E-state index contributed by atoms with van der Waals surface area (Å²) in [6, 6.07) is 13.7. The van der Waals surface area contributed by atoms with Crippen LogP contribution in [-0.4, -0.2) is 47.4 Å². The van der Waals surface area contributed by atoms with E-state index in [0.29, 0.717) is 26.3 Å². The molecule has 0 saturated heterocycles. The third-order valence-corrected chi connectivity index (χ3v) is 4.10. The van der Waals surface area contributed by atoms with Gasteiger partial charge < -0.3 is 20.1 Å². The van der Waals surface area contributed by atoms with E-state index < -0.39 is 0 Å². The number of hydrogen-bond acceptors (Lipinski definition) is 5. The minimum absolute atomic E-state index is 0. The maximum absolute atomic E-state index is 5.75. The second-order valence-corrected chi connectivity index (χ2v) is 6.03. The molecule has 0 atom stereocenters. The van der Waals surface area contributed by atoms with E-state index in [1.165, 1.54) is 0 Å². The van der Waals surface area contributed by atoms with Gasteiger partial charge in [0.15, 0.2) is 17.4 Å². The Morgan fingerprint density at radius 2 is 1.93 bits per heavy atom. The topological polar surface area (TPSA) is 85.1 Å². The Morgan fingerprint density at radius 1 is 1.10 bits per heavy atom. The quantitative estimate of drug-likeness (QED) is 0.199. The number of benzene rings is 1. The summed E-state index contributed by atoms with van der Waals surface area (Å²) in [5, 5.41) is 14.8. The molecule has 2 heterocycles. The fourth-order valence-electron chi connectivity index (χ4n) is 2.74. The van der Waals surface area contributed by atoms with Crippen LogP contribution in [0.2, 0.25) is 0 Å². The van der Waals surface area contributed by atoms with Gasteiger partial charge in [-0.2, -0.15) is 0 Å². The Balaban J connectivity index is 0.00000300. The van der Waals surface area contributed by atoms with Crippen LogP contribution in [0.25, 0.3) is 5.65 Å². The van der Waals surface area contributed by atoms with E-state index in [0.717, 1.165) is 35.3 Å². The molecular formula is C20H27IN6O2. The van der Waals surface area contributed by atoms with Crippen LogP contribution < -0.4 is 15.4 Å². The van der Waals surface area contributed by atoms with E-state index in [2.05, 4.69) is 25.8 Å². The zero-order chi connectivity index (χ0) is 19.6. The van der Waals surface area contributed by atoms with E-state index in [-0.39, 0.29) is 24.0 Å². The lowest BCUT2D eigenvalue weighted by atomic mass is 10.2. The van der Waals surface area contributed by atoms with Crippen LogP contribution in [0.3, 0.4) is 0 Å². The predicted molar refractivity (Wildman–Crippen MR) is 124 cm³/mol. The lowest BCUT2D eigenvalue weighted by Gasteiger charge is -2.12. The van der Waals surface area contributed by atoms with Crippen molar-refractivity contribution in [3.05, 3.63) is 60.0 Å². The van der Waals surface area contributed by atoms with Crippen molar-refractivity contribution in [2.45, 2.75) is 20.1 Å². The van der Waals surface area contributed by atoms with Crippen molar-refractivity contribution in [3.8, 4) is 5.75 Å². The molecule has 0 unspecified atom stereocenters. The summed E-state index contributed by atoms with van der Waals surface area (Å²) in [4.78, 5) is 4.58. The zero-order valence-electron chi connectivity index (χ0n) is 16.7. The summed E-state index contributed by atoms with van der Waals surface area (Å²) in [6.45, 7) is 4.93. The lowest BCUT2D eigenvalue weighted by molar-refractivity contribution is 0.123. The number of nitrogens with one attached hydrogen (secondary N) is 2. The number of nitrogens with zero attached hydrogens (tertiary/aromatic N) is 4. The second kappa shape index (κ2) is 12.2. The average Bonchev–Trinajstić information content (AvgIpc) is 3.15. The van der Waals surface area contributed by atoms with Crippen LogP contribution in [0.4, 0.5) is 0 Å². The van der Waals surface area contributed by atoms with Crippen molar-refractivity contribution in [2.24, 2.45) is 4.99 Å². The number of para-hydroxylation sites is 1. The highest BCUT2D eigenvalue weighted by molar-refractivity contribution is 14.0. The molecule has 0 aliphatic rings. The highest BCUT2D eigenvalue weighted by Crippen LogP contribution is 2.17. The standard InChI is InChI=1S/C20H26N6O2.HI/c1-3-21-20(23-14-19-25-24-18-10-6-7-12-26(18)19)22-11-13-28-15-16-8-4-5-9-17(16)27-2;/h4-10,12H,3,11,13-15H2,1-2H3,(H2,21,22,23);1H. The Labute approximate surface area is 187 Å². The smallest absolute Gasteiger partial charge is 0.191 e. The number of rotatable bonds is 9. The largest absolute Gasteiger partial charge is 0.496 e. The summed E-state index contributed by atoms with van der Waals surface area (Å²) in [6.07, 6.45) is 1.94. The van der Waals surface area contributed by atoms with Gasteiger partial charge in [0, 0.05) is 24.8 Å². The van der Waals surface area contributed by atoms with Gasteiger partial charge in [-0.25, -0.2) is 4.99 Å². The second-order valence-electron chi connectivity index (χ2n) is 6.03. The number of aromatic nitrogens is 3. The summed E-state index contributed by atoms with van der Waals surface area (Å²) >= 11 is 0. The molecule has 2 N–H and O–H groups in total. The molecule has 1 aromatic carbocycles. The first-order valence-corrected chi connectivity index (χ1v) is 9.32. The molecule has 9 heteroatoms. The molecule has 3 rings (SSSR count). The molecule has 0 spiro atoms. The van der Waals surface area contributed by atoms with Crippen LogP contribution in [0, 0.1) is 0 Å². The van der Waals surface area contributed by atoms with Gasteiger partial charge >= 0.3 is 0 Å². The molecule has 3 aromatic rings. The monoisotopic (exact) mass is 510 g/mol. The maximum Gasteiger partial charge on any atom is 0.191 e. The van der Waals surface area contributed by atoms with E-state index >= 15 is 0 Å². The number of aliphatic imine (C=N–C) groups is 1. The van der Waals surface area contributed by atoms with Crippen LogP contribution in [0.5, 0.6) is 5.75 Å². The molecule has 0 aliphatic carbocycles. The van der Waals surface area contributed by atoms with E-state index in [1.807, 2.05) is 60.0 Å². The van der Waals surface area contributed by atoms with Crippen molar-refractivity contribution in [3.63, 3.8) is 0 Å². The molecule has 29 heavy (non-hydrogen) atoms. The van der Waals surface area contributed by atoms with E-state index in [1.54, 1.807) is 7.11 Å². The highest BCUT2D eigenvalue weighted by Gasteiger charge is 2.05. The third kappa shape index (κ3) is 6.57. The Morgan fingerprint density at radius 3 is 2.76 bits per heavy atom. The molecule has 8 nitrogen and oxygen atoms in total. The normalized spacial score (nSPS) is 11.2. The number of fused-ring (bicyclic) bond motifs is 1. The van der Waals surface area contributed by atoms with Gasteiger partial charge in [-0.15, -0.1) is 34.2 Å². The molecule has 0 radical (unpaired) electrons. The molecule has 2 aromatic heterocycles. The molecular weight excluding hydrogens is 483 g/mol. The van der Waals surface area contributed by atoms with Crippen LogP contribution in [0.1, 0.15) is 18.3 Å². The fourth-order valence-corrected chi connectivity index (χ4v) is 2.74. The Hall–Kier alpha value is -2.40. The zero-order valence-corrected chi connectivity index (χ0v) is 19.0. The summed E-state index contributed by atoms with van der Waals surface area (Å²) in [5.41, 5.74) is 1.85. The predicted octanol–water partition coefficient (Wildman–Crippen LogP) is 2.63.